The lowest BCUT2D eigenvalue weighted by molar-refractivity contribution is 0.0642. The van der Waals surface area contributed by atoms with Gasteiger partial charge in [0.15, 0.2) is 0 Å². The predicted octanol–water partition coefficient (Wildman–Crippen LogP) is 2.77. The molecule has 0 bridgehead atoms. The molecule has 2 unspecified atom stereocenters. The van der Waals surface area contributed by atoms with E-state index < -0.39 is 0 Å². The standard InChI is InChI=1S/C11H20N2OS/c1-7(2)10(14-5)11-13-9(6-15-11)8(3)12-4/h6-8,10,12H,1-5H3. The summed E-state index contributed by atoms with van der Waals surface area (Å²) in [7, 11) is 3.69. The number of nitrogens with zero attached hydrogens (tertiary/aromatic N) is 1. The topological polar surface area (TPSA) is 34.1 Å². The Morgan fingerprint density at radius 2 is 2.07 bits per heavy atom. The average Bonchev–Trinajstić information content (AvgIpc) is 2.66. The van der Waals surface area contributed by atoms with Gasteiger partial charge in [-0.15, -0.1) is 11.3 Å². The summed E-state index contributed by atoms with van der Waals surface area (Å²) >= 11 is 1.68. The van der Waals surface area contributed by atoms with Crippen LogP contribution in [0.4, 0.5) is 0 Å². The van der Waals surface area contributed by atoms with E-state index in [0.29, 0.717) is 12.0 Å². The fourth-order valence-corrected chi connectivity index (χ4v) is 2.60. The zero-order valence-corrected chi connectivity index (χ0v) is 10.9. The second-order valence-electron chi connectivity index (χ2n) is 4.02. The zero-order chi connectivity index (χ0) is 11.4. The SMILES string of the molecule is CNC(C)c1csc(C(OC)C(C)C)n1. The van der Waals surface area contributed by atoms with Gasteiger partial charge in [0.2, 0.25) is 0 Å². The van der Waals surface area contributed by atoms with Gasteiger partial charge in [-0.05, 0) is 19.9 Å². The molecule has 0 aliphatic carbocycles. The highest BCUT2D eigenvalue weighted by Gasteiger charge is 2.19. The maximum atomic E-state index is 5.45. The summed E-state index contributed by atoms with van der Waals surface area (Å²) in [6.45, 7) is 6.41. The van der Waals surface area contributed by atoms with Gasteiger partial charge >= 0.3 is 0 Å². The molecule has 1 aromatic rings. The number of thiazole rings is 1. The van der Waals surface area contributed by atoms with Crippen LogP contribution in [0, 0.1) is 5.92 Å². The first-order valence-electron chi connectivity index (χ1n) is 5.25. The van der Waals surface area contributed by atoms with E-state index in [0.717, 1.165) is 10.7 Å². The molecule has 1 aromatic heterocycles. The fourth-order valence-electron chi connectivity index (χ4n) is 1.44. The Hall–Kier alpha value is -0.450. The van der Waals surface area contributed by atoms with Crippen LogP contribution in [0.25, 0.3) is 0 Å². The normalized spacial score (nSPS) is 15.6. The Balaban J connectivity index is 2.82. The smallest absolute Gasteiger partial charge is 0.122 e. The molecule has 0 amide bonds. The van der Waals surface area contributed by atoms with Gasteiger partial charge in [-0.3, -0.25) is 0 Å². The molecule has 4 heteroatoms. The number of ether oxygens (including phenoxy) is 1. The third kappa shape index (κ3) is 3.00. The minimum absolute atomic E-state index is 0.118. The Morgan fingerprint density at radius 3 is 2.53 bits per heavy atom. The number of hydrogen-bond acceptors (Lipinski definition) is 4. The van der Waals surface area contributed by atoms with Crippen LogP contribution >= 0.6 is 11.3 Å². The van der Waals surface area contributed by atoms with Gasteiger partial charge < -0.3 is 10.1 Å². The molecule has 0 aliphatic rings. The van der Waals surface area contributed by atoms with Crippen LogP contribution in [-0.2, 0) is 4.74 Å². The molecule has 0 radical (unpaired) electrons. The lowest BCUT2D eigenvalue weighted by Crippen LogP contribution is -2.13. The number of aromatic nitrogens is 1. The Morgan fingerprint density at radius 1 is 1.40 bits per heavy atom. The molecule has 15 heavy (non-hydrogen) atoms. The lowest BCUT2D eigenvalue weighted by Gasteiger charge is -2.16. The highest BCUT2D eigenvalue weighted by Crippen LogP contribution is 2.29. The van der Waals surface area contributed by atoms with E-state index in [9.17, 15) is 0 Å². The van der Waals surface area contributed by atoms with Crippen molar-refractivity contribution in [3.05, 3.63) is 16.1 Å². The third-order valence-corrected chi connectivity index (χ3v) is 3.44. The minimum atomic E-state index is 0.118. The van der Waals surface area contributed by atoms with Crippen LogP contribution in [0.5, 0.6) is 0 Å². The first-order valence-corrected chi connectivity index (χ1v) is 6.13. The third-order valence-electron chi connectivity index (χ3n) is 2.52. The molecule has 0 saturated carbocycles. The molecule has 86 valence electrons. The van der Waals surface area contributed by atoms with Gasteiger partial charge in [0, 0.05) is 18.5 Å². The summed E-state index contributed by atoms with van der Waals surface area (Å²) in [5.74, 6) is 0.457. The second kappa shape index (κ2) is 5.58. The molecular formula is C11H20N2OS. The average molecular weight is 228 g/mol. The van der Waals surface area contributed by atoms with Crippen molar-refractivity contribution in [2.45, 2.75) is 32.9 Å². The highest BCUT2D eigenvalue weighted by molar-refractivity contribution is 7.09. The summed E-state index contributed by atoms with van der Waals surface area (Å²) in [5, 5.41) is 6.36. The van der Waals surface area contributed by atoms with Crippen molar-refractivity contribution >= 4 is 11.3 Å². The highest BCUT2D eigenvalue weighted by atomic mass is 32.1. The van der Waals surface area contributed by atoms with E-state index in [2.05, 4.69) is 36.5 Å². The monoisotopic (exact) mass is 228 g/mol. The molecule has 3 nitrogen and oxygen atoms in total. The zero-order valence-electron chi connectivity index (χ0n) is 10.1. The minimum Gasteiger partial charge on any atom is -0.374 e. The van der Waals surface area contributed by atoms with Crippen molar-refractivity contribution in [3.8, 4) is 0 Å². The summed E-state index contributed by atoms with van der Waals surface area (Å²) in [6.07, 6.45) is 0.118. The van der Waals surface area contributed by atoms with Crippen LogP contribution in [0.1, 0.15) is 43.6 Å². The van der Waals surface area contributed by atoms with Crippen molar-refractivity contribution in [1.29, 1.82) is 0 Å². The Labute approximate surface area is 95.9 Å². The Bertz CT molecular complexity index is 299. The quantitative estimate of drug-likeness (QED) is 0.841. The molecule has 2 atom stereocenters. The number of methoxy groups -OCH3 is 1. The molecule has 1 heterocycles. The van der Waals surface area contributed by atoms with Crippen LogP contribution < -0.4 is 5.32 Å². The summed E-state index contributed by atoms with van der Waals surface area (Å²) < 4.78 is 5.45. The van der Waals surface area contributed by atoms with Gasteiger partial charge in [0.1, 0.15) is 11.1 Å². The van der Waals surface area contributed by atoms with Gasteiger partial charge in [0.05, 0.1) is 5.69 Å². The van der Waals surface area contributed by atoms with Crippen LogP contribution in [0.15, 0.2) is 5.38 Å². The van der Waals surface area contributed by atoms with E-state index in [4.69, 9.17) is 4.74 Å². The van der Waals surface area contributed by atoms with Gasteiger partial charge in [-0.2, -0.15) is 0 Å². The predicted molar refractivity (Wildman–Crippen MR) is 64.2 cm³/mol. The van der Waals surface area contributed by atoms with Crippen molar-refractivity contribution in [1.82, 2.24) is 10.3 Å². The molecule has 1 N–H and O–H groups in total. The molecule has 0 spiro atoms. The van der Waals surface area contributed by atoms with Gasteiger partial charge in [0.25, 0.3) is 0 Å². The second-order valence-corrected chi connectivity index (χ2v) is 4.91. The summed E-state index contributed by atoms with van der Waals surface area (Å²) in [4.78, 5) is 4.60. The first-order chi connectivity index (χ1) is 7.10. The largest absolute Gasteiger partial charge is 0.374 e. The molecule has 1 rings (SSSR count). The molecule has 0 fully saturated rings. The van der Waals surface area contributed by atoms with Crippen molar-refractivity contribution in [2.75, 3.05) is 14.2 Å². The number of rotatable bonds is 5. The fraction of sp³-hybridized carbons (Fsp3) is 0.727. The Kier molecular flexibility index (Phi) is 4.70. The van der Waals surface area contributed by atoms with Gasteiger partial charge in [-0.25, -0.2) is 4.98 Å². The van der Waals surface area contributed by atoms with Crippen molar-refractivity contribution in [3.63, 3.8) is 0 Å². The van der Waals surface area contributed by atoms with Crippen molar-refractivity contribution < 1.29 is 4.74 Å². The molecule has 0 saturated heterocycles. The summed E-state index contributed by atoms with van der Waals surface area (Å²) in [5.41, 5.74) is 1.10. The maximum absolute atomic E-state index is 5.45. The maximum Gasteiger partial charge on any atom is 0.122 e. The van der Waals surface area contributed by atoms with E-state index in [1.54, 1.807) is 18.4 Å². The van der Waals surface area contributed by atoms with E-state index >= 15 is 0 Å². The molecule has 0 aromatic carbocycles. The van der Waals surface area contributed by atoms with E-state index in [1.807, 2.05) is 7.05 Å². The summed E-state index contributed by atoms with van der Waals surface area (Å²) in [6, 6.07) is 0.305. The number of nitrogens with one attached hydrogen (secondary N) is 1. The van der Waals surface area contributed by atoms with Crippen LogP contribution in [0.2, 0.25) is 0 Å². The number of hydrogen-bond donors (Lipinski definition) is 1. The van der Waals surface area contributed by atoms with Gasteiger partial charge in [-0.1, -0.05) is 13.8 Å². The van der Waals surface area contributed by atoms with Crippen LogP contribution in [-0.4, -0.2) is 19.1 Å². The molecular weight excluding hydrogens is 208 g/mol. The van der Waals surface area contributed by atoms with E-state index in [-0.39, 0.29) is 6.10 Å². The van der Waals surface area contributed by atoms with Crippen molar-refractivity contribution in [2.24, 2.45) is 5.92 Å². The van der Waals surface area contributed by atoms with Crippen LogP contribution in [0.3, 0.4) is 0 Å². The first kappa shape index (κ1) is 12.6. The molecule has 0 aliphatic heterocycles. The lowest BCUT2D eigenvalue weighted by atomic mass is 10.1. The van der Waals surface area contributed by atoms with E-state index in [1.165, 1.54) is 0 Å².